The monoisotopic (exact) mass is 448 g/mol. The third-order valence-electron chi connectivity index (χ3n) is 7.14. The van der Waals surface area contributed by atoms with Crippen LogP contribution in [0.5, 0.6) is 0 Å². The lowest BCUT2D eigenvalue weighted by molar-refractivity contribution is 1.07. The van der Waals surface area contributed by atoms with Crippen molar-refractivity contribution in [1.29, 1.82) is 0 Å². The van der Waals surface area contributed by atoms with E-state index >= 15 is 0 Å². The summed E-state index contributed by atoms with van der Waals surface area (Å²) in [5.74, 6) is 0. The van der Waals surface area contributed by atoms with E-state index in [0.717, 1.165) is 17.8 Å². The number of para-hydroxylation sites is 2. The summed E-state index contributed by atoms with van der Waals surface area (Å²) in [5.41, 5.74) is 5.72. The maximum absolute atomic E-state index is 5.03. The van der Waals surface area contributed by atoms with Crippen molar-refractivity contribution < 1.29 is 0 Å². The number of rotatable bonds is 2. The molecule has 0 N–H and O–H groups in total. The van der Waals surface area contributed by atoms with Crippen molar-refractivity contribution in [2.45, 2.75) is 13.3 Å². The van der Waals surface area contributed by atoms with Gasteiger partial charge >= 0.3 is 0 Å². The van der Waals surface area contributed by atoms with Gasteiger partial charge in [0.15, 0.2) is 0 Å². The maximum Gasteiger partial charge on any atom is 0.0662 e. The van der Waals surface area contributed by atoms with Gasteiger partial charge in [-0.1, -0.05) is 84.9 Å². The molecule has 1 aliphatic rings. The van der Waals surface area contributed by atoms with Gasteiger partial charge in [0.05, 0.1) is 16.6 Å². The Labute approximate surface area is 203 Å². The van der Waals surface area contributed by atoms with E-state index in [1.54, 1.807) is 0 Å². The highest BCUT2D eigenvalue weighted by atomic mass is 15.0. The first kappa shape index (κ1) is 20.0. The molecule has 0 radical (unpaired) electrons. The number of aliphatic imine (C=N–C) groups is 1. The molecule has 0 fully saturated rings. The van der Waals surface area contributed by atoms with Crippen LogP contribution in [-0.2, 0) is 0 Å². The Balaban J connectivity index is 1.52. The van der Waals surface area contributed by atoms with Gasteiger partial charge in [0.2, 0.25) is 0 Å². The van der Waals surface area contributed by atoms with Crippen molar-refractivity contribution >= 4 is 56.0 Å². The second-order valence-corrected chi connectivity index (χ2v) is 9.29. The molecule has 0 bridgehead atoms. The third kappa shape index (κ3) is 3.22. The van der Waals surface area contributed by atoms with E-state index in [1.807, 2.05) is 0 Å². The van der Waals surface area contributed by atoms with Gasteiger partial charge in [-0.15, -0.1) is 0 Å². The largest absolute Gasteiger partial charge is 0.309 e. The molecule has 2 nitrogen and oxygen atoms in total. The van der Waals surface area contributed by atoms with Gasteiger partial charge in [-0.05, 0) is 64.4 Å². The minimum atomic E-state index is 0.831. The molecule has 6 aromatic rings. The van der Waals surface area contributed by atoms with Crippen LogP contribution in [0.4, 0.5) is 5.69 Å². The van der Waals surface area contributed by atoms with E-state index < -0.39 is 0 Å². The summed E-state index contributed by atoms with van der Waals surface area (Å²) in [6.07, 6.45) is 5.44. The van der Waals surface area contributed by atoms with Crippen LogP contribution in [0.1, 0.15) is 12.0 Å². The standard InChI is InChI=1S/C33H24N2/c1-22-8-2-6-12-31(22)34-25-17-19-29-28-11-5-7-13-32(28)35(33(29)20-25)26-18-16-24-15-14-23-9-3-4-10-27(23)30(24)21-26/h2-16,18-21H,17H2,1H3. The van der Waals surface area contributed by atoms with Crippen molar-refractivity contribution in [3.05, 3.63) is 119 Å². The fourth-order valence-electron chi connectivity index (χ4n) is 5.39. The summed E-state index contributed by atoms with van der Waals surface area (Å²) in [6.45, 7) is 2.12. The number of fused-ring (bicyclic) bond motifs is 6. The van der Waals surface area contributed by atoms with Crippen LogP contribution in [-0.4, -0.2) is 10.3 Å². The molecule has 0 saturated heterocycles. The van der Waals surface area contributed by atoms with Gasteiger partial charge in [0.25, 0.3) is 0 Å². The predicted molar refractivity (Wildman–Crippen MR) is 149 cm³/mol. The number of aryl methyl sites for hydroxylation is 1. The SMILES string of the molecule is Cc1ccccc1N=C1C=c2c(c3ccccc3n2-c2ccc3ccc4ccccc4c3c2)=CC1. The molecule has 166 valence electrons. The van der Waals surface area contributed by atoms with E-state index in [4.69, 9.17) is 4.99 Å². The molecule has 1 aliphatic carbocycles. The highest BCUT2D eigenvalue weighted by Gasteiger charge is 2.14. The van der Waals surface area contributed by atoms with Crippen LogP contribution >= 0.6 is 0 Å². The lowest BCUT2D eigenvalue weighted by atomic mass is 10.0. The topological polar surface area (TPSA) is 17.3 Å². The molecular weight excluding hydrogens is 424 g/mol. The predicted octanol–water partition coefficient (Wildman–Crippen LogP) is 6.98. The molecular formula is C33H24N2. The number of aromatic nitrogens is 1. The Kier molecular flexibility index (Phi) is 4.46. The Morgan fingerprint density at radius 3 is 2.29 bits per heavy atom. The second-order valence-electron chi connectivity index (χ2n) is 9.29. The molecule has 1 heterocycles. The van der Waals surface area contributed by atoms with E-state index in [9.17, 15) is 0 Å². The molecule has 0 atom stereocenters. The number of nitrogens with zero attached hydrogens (tertiary/aromatic N) is 2. The normalized spacial score (nSPS) is 14.3. The molecule has 0 spiro atoms. The molecule has 0 amide bonds. The van der Waals surface area contributed by atoms with Gasteiger partial charge in [0, 0.05) is 28.4 Å². The first-order valence-corrected chi connectivity index (χ1v) is 12.1. The van der Waals surface area contributed by atoms with E-state index in [2.05, 4.69) is 127 Å². The molecule has 0 aliphatic heterocycles. The van der Waals surface area contributed by atoms with Gasteiger partial charge in [-0.3, -0.25) is 4.99 Å². The molecule has 1 aromatic heterocycles. The quantitative estimate of drug-likeness (QED) is 0.254. The molecule has 7 rings (SSSR count). The zero-order valence-corrected chi connectivity index (χ0v) is 19.6. The number of hydrogen-bond acceptors (Lipinski definition) is 1. The molecule has 35 heavy (non-hydrogen) atoms. The van der Waals surface area contributed by atoms with Crippen LogP contribution in [0.2, 0.25) is 0 Å². The van der Waals surface area contributed by atoms with E-state index in [0.29, 0.717) is 0 Å². The summed E-state index contributed by atoms with van der Waals surface area (Å²) in [7, 11) is 0. The van der Waals surface area contributed by atoms with E-state index in [-0.39, 0.29) is 0 Å². The van der Waals surface area contributed by atoms with Crippen molar-refractivity contribution in [2.24, 2.45) is 4.99 Å². The fraction of sp³-hybridized carbons (Fsp3) is 0.0606. The lowest BCUT2D eigenvalue weighted by Gasteiger charge is -2.11. The van der Waals surface area contributed by atoms with Crippen LogP contribution in [0.3, 0.4) is 0 Å². The first-order valence-electron chi connectivity index (χ1n) is 12.1. The first-order chi connectivity index (χ1) is 17.3. The minimum absolute atomic E-state index is 0.831. The Bertz CT molecular complexity index is 1940. The zero-order chi connectivity index (χ0) is 23.4. The Morgan fingerprint density at radius 2 is 1.40 bits per heavy atom. The minimum Gasteiger partial charge on any atom is -0.309 e. The Hall–Kier alpha value is -4.43. The number of benzene rings is 5. The highest BCUT2D eigenvalue weighted by Crippen LogP contribution is 2.28. The summed E-state index contributed by atoms with van der Waals surface area (Å²) >= 11 is 0. The van der Waals surface area contributed by atoms with Crippen molar-refractivity contribution in [3.63, 3.8) is 0 Å². The average Bonchev–Trinajstić information content (AvgIpc) is 3.23. The van der Waals surface area contributed by atoms with Crippen LogP contribution in [0, 0.1) is 6.92 Å². The van der Waals surface area contributed by atoms with Gasteiger partial charge < -0.3 is 4.57 Å². The molecule has 0 unspecified atom stereocenters. The summed E-state index contributed by atoms with van der Waals surface area (Å²) in [4.78, 5) is 5.03. The summed E-state index contributed by atoms with van der Waals surface area (Å²) < 4.78 is 2.40. The van der Waals surface area contributed by atoms with E-state index in [1.165, 1.54) is 54.3 Å². The summed E-state index contributed by atoms with van der Waals surface area (Å²) in [6, 6.07) is 36.9. The summed E-state index contributed by atoms with van der Waals surface area (Å²) in [5, 5.41) is 8.87. The lowest BCUT2D eigenvalue weighted by Crippen LogP contribution is -2.32. The molecule has 5 aromatic carbocycles. The fourth-order valence-corrected chi connectivity index (χ4v) is 5.39. The van der Waals surface area contributed by atoms with Crippen LogP contribution in [0.25, 0.3) is 50.3 Å². The Morgan fingerprint density at radius 1 is 0.686 bits per heavy atom. The van der Waals surface area contributed by atoms with Crippen LogP contribution in [0.15, 0.2) is 108 Å². The van der Waals surface area contributed by atoms with Crippen molar-refractivity contribution in [3.8, 4) is 5.69 Å². The van der Waals surface area contributed by atoms with Gasteiger partial charge in [-0.25, -0.2) is 0 Å². The van der Waals surface area contributed by atoms with Gasteiger partial charge in [0.1, 0.15) is 0 Å². The average molecular weight is 449 g/mol. The van der Waals surface area contributed by atoms with Crippen LogP contribution < -0.4 is 10.6 Å². The molecule has 2 heteroatoms. The zero-order valence-electron chi connectivity index (χ0n) is 19.6. The second kappa shape index (κ2) is 7.82. The maximum atomic E-state index is 5.03. The molecule has 0 saturated carbocycles. The highest BCUT2D eigenvalue weighted by molar-refractivity contribution is 6.15. The number of hydrogen-bond donors (Lipinski definition) is 0. The smallest absolute Gasteiger partial charge is 0.0662 e. The third-order valence-corrected chi connectivity index (χ3v) is 7.14. The van der Waals surface area contributed by atoms with Gasteiger partial charge in [-0.2, -0.15) is 0 Å². The van der Waals surface area contributed by atoms with Crippen molar-refractivity contribution in [1.82, 2.24) is 4.57 Å². The van der Waals surface area contributed by atoms with Crippen molar-refractivity contribution in [2.75, 3.05) is 0 Å².